The first-order chi connectivity index (χ1) is 8.97. The Morgan fingerprint density at radius 1 is 1.58 bits per heavy atom. The van der Waals surface area contributed by atoms with Gasteiger partial charge in [-0.1, -0.05) is 6.08 Å². The average molecular weight is 304 g/mol. The summed E-state index contributed by atoms with van der Waals surface area (Å²) < 4.78 is 31.4. The maximum atomic E-state index is 12.6. The Balaban J connectivity index is 3.10. The summed E-state index contributed by atoms with van der Waals surface area (Å²) in [5, 5.41) is 0. The fourth-order valence-corrected chi connectivity index (χ4v) is 4.54. The molecule has 0 bridgehead atoms. The fraction of sp³-hybridized carbons (Fsp3) is 0.500. The van der Waals surface area contributed by atoms with E-state index in [1.165, 1.54) is 15.6 Å². The Labute approximate surface area is 118 Å². The van der Waals surface area contributed by atoms with Gasteiger partial charge in [0.25, 0.3) is 0 Å². The Kier molecular flexibility index (Phi) is 6.15. The van der Waals surface area contributed by atoms with Crippen molar-refractivity contribution in [2.24, 2.45) is 5.73 Å². The number of hydrogen-bond acceptors (Lipinski definition) is 5. The van der Waals surface area contributed by atoms with Gasteiger partial charge in [0.15, 0.2) is 0 Å². The molecule has 108 valence electrons. The SMILES string of the molecule is C=CCN(CCOC)S(=O)(=O)c1cc(CN)sc1C. The van der Waals surface area contributed by atoms with Crippen LogP contribution in [0.25, 0.3) is 0 Å². The molecule has 5 nitrogen and oxygen atoms in total. The molecule has 0 amide bonds. The highest BCUT2D eigenvalue weighted by molar-refractivity contribution is 7.89. The van der Waals surface area contributed by atoms with Crippen molar-refractivity contribution >= 4 is 21.4 Å². The normalized spacial score (nSPS) is 12.0. The molecule has 0 aliphatic carbocycles. The summed E-state index contributed by atoms with van der Waals surface area (Å²) in [5.41, 5.74) is 5.56. The van der Waals surface area contributed by atoms with Crippen LogP contribution in [-0.2, 0) is 21.3 Å². The van der Waals surface area contributed by atoms with Gasteiger partial charge < -0.3 is 10.5 Å². The number of nitrogens with two attached hydrogens (primary N) is 1. The van der Waals surface area contributed by atoms with E-state index in [1.54, 1.807) is 26.2 Å². The molecule has 1 rings (SSSR count). The molecule has 0 saturated carbocycles. The van der Waals surface area contributed by atoms with Crippen LogP contribution < -0.4 is 5.73 Å². The number of thiophene rings is 1. The molecule has 0 atom stereocenters. The third-order valence-electron chi connectivity index (χ3n) is 2.62. The Morgan fingerprint density at radius 2 is 2.26 bits per heavy atom. The van der Waals surface area contributed by atoms with E-state index in [4.69, 9.17) is 10.5 Å². The molecular formula is C12H20N2O3S2. The van der Waals surface area contributed by atoms with Gasteiger partial charge >= 0.3 is 0 Å². The van der Waals surface area contributed by atoms with Gasteiger partial charge in [-0.15, -0.1) is 17.9 Å². The van der Waals surface area contributed by atoms with Crippen LogP contribution in [0.3, 0.4) is 0 Å². The van der Waals surface area contributed by atoms with Crippen LogP contribution in [0.15, 0.2) is 23.6 Å². The first-order valence-corrected chi connectivity index (χ1v) is 8.12. The maximum absolute atomic E-state index is 12.6. The van der Waals surface area contributed by atoms with Crippen molar-refractivity contribution in [1.29, 1.82) is 0 Å². The summed E-state index contributed by atoms with van der Waals surface area (Å²) in [5.74, 6) is 0. The molecule has 19 heavy (non-hydrogen) atoms. The number of sulfonamides is 1. The number of rotatable bonds is 8. The monoisotopic (exact) mass is 304 g/mol. The third kappa shape index (κ3) is 3.87. The van der Waals surface area contributed by atoms with Crippen molar-refractivity contribution in [3.63, 3.8) is 0 Å². The summed E-state index contributed by atoms with van der Waals surface area (Å²) >= 11 is 1.41. The molecule has 0 aliphatic heterocycles. The van der Waals surface area contributed by atoms with Crippen molar-refractivity contribution < 1.29 is 13.2 Å². The van der Waals surface area contributed by atoms with Crippen molar-refractivity contribution in [1.82, 2.24) is 4.31 Å². The lowest BCUT2D eigenvalue weighted by molar-refractivity contribution is 0.182. The van der Waals surface area contributed by atoms with E-state index in [0.717, 1.165) is 9.75 Å². The van der Waals surface area contributed by atoms with Crippen molar-refractivity contribution in [3.05, 3.63) is 28.5 Å². The van der Waals surface area contributed by atoms with E-state index in [9.17, 15) is 8.42 Å². The zero-order chi connectivity index (χ0) is 14.5. The van der Waals surface area contributed by atoms with E-state index in [2.05, 4.69) is 6.58 Å². The van der Waals surface area contributed by atoms with Crippen molar-refractivity contribution in [2.45, 2.75) is 18.4 Å². The predicted octanol–water partition coefficient (Wildman–Crippen LogP) is 1.34. The van der Waals surface area contributed by atoms with E-state index in [1.807, 2.05) is 0 Å². The van der Waals surface area contributed by atoms with E-state index in [0.29, 0.717) is 24.6 Å². The van der Waals surface area contributed by atoms with Crippen molar-refractivity contribution in [2.75, 3.05) is 26.8 Å². The molecule has 0 radical (unpaired) electrons. The van der Waals surface area contributed by atoms with E-state index >= 15 is 0 Å². The van der Waals surface area contributed by atoms with Gasteiger partial charge in [-0.3, -0.25) is 0 Å². The highest BCUT2D eigenvalue weighted by Crippen LogP contribution is 2.27. The van der Waals surface area contributed by atoms with Gasteiger partial charge in [-0.25, -0.2) is 8.42 Å². The lowest BCUT2D eigenvalue weighted by Crippen LogP contribution is -2.34. The second kappa shape index (κ2) is 7.16. The Bertz CT molecular complexity index is 523. The summed E-state index contributed by atoms with van der Waals surface area (Å²) in [6.07, 6.45) is 1.57. The molecule has 0 aliphatic rings. The van der Waals surface area contributed by atoms with Gasteiger partial charge in [0.2, 0.25) is 10.0 Å². The van der Waals surface area contributed by atoms with Crippen LogP contribution in [0.4, 0.5) is 0 Å². The topological polar surface area (TPSA) is 72.6 Å². The second-order valence-corrected chi connectivity index (χ2v) is 7.23. The lowest BCUT2D eigenvalue weighted by Gasteiger charge is -2.20. The number of hydrogen-bond donors (Lipinski definition) is 1. The molecule has 0 aromatic carbocycles. The zero-order valence-corrected chi connectivity index (χ0v) is 12.9. The third-order valence-corrected chi connectivity index (χ3v) is 5.81. The molecule has 1 heterocycles. The first-order valence-electron chi connectivity index (χ1n) is 5.86. The van der Waals surface area contributed by atoms with Gasteiger partial charge in [0, 0.05) is 36.5 Å². The number of nitrogens with zero attached hydrogens (tertiary/aromatic N) is 1. The number of aryl methyl sites for hydroxylation is 1. The second-order valence-electron chi connectivity index (χ2n) is 3.98. The first kappa shape index (κ1) is 16.3. The summed E-state index contributed by atoms with van der Waals surface area (Å²) in [6, 6.07) is 1.65. The van der Waals surface area contributed by atoms with Gasteiger partial charge in [-0.2, -0.15) is 4.31 Å². The van der Waals surface area contributed by atoms with Crippen LogP contribution >= 0.6 is 11.3 Å². The van der Waals surface area contributed by atoms with Crippen LogP contribution in [0.1, 0.15) is 9.75 Å². The molecule has 0 fully saturated rings. The standard InChI is InChI=1S/C12H20N2O3S2/c1-4-5-14(6-7-17-3)19(15,16)12-8-11(9-13)18-10(12)2/h4,8H,1,5-7,9,13H2,2-3H3. The van der Waals surface area contributed by atoms with Gasteiger partial charge in [-0.05, 0) is 13.0 Å². The minimum atomic E-state index is -3.52. The molecule has 1 aromatic rings. The molecule has 7 heteroatoms. The minimum absolute atomic E-state index is 0.263. The zero-order valence-electron chi connectivity index (χ0n) is 11.3. The minimum Gasteiger partial charge on any atom is -0.383 e. The van der Waals surface area contributed by atoms with Crippen LogP contribution in [-0.4, -0.2) is 39.5 Å². The largest absolute Gasteiger partial charge is 0.383 e. The quantitative estimate of drug-likeness (QED) is 0.736. The summed E-state index contributed by atoms with van der Waals surface area (Å²) in [7, 11) is -1.98. The molecule has 0 saturated heterocycles. The van der Waals surface area contributed by atoms with Crippen LogP contribution in [0, 0.1) is 6.92 Å². The molecule has 0 spiro atoms. The molecular weight excluding hydrogens is 284 g/mol. The molecule has 2 N–H and O–H groups in total. The average Bonchev–Trinajstić information content (AvgIpc) is 2.76. The predicted molar refractivity (Wildman–Crippen MR) is 77.8 cm³/mol. The van der Waals surface area contributed by atoms with Gasteiger partial charge in [0.1, 0.15) is 0 Å². The highest BCUT2D eigenvalue weighted by Gasteiger charge is 2.26. The van der Waals surface area contributed by atoms with Crippen LogP contribution in [0.5, 0.6) is 0 Å². The lowest BCUT2D eigenvalue weighted by atomic mass is 10.4. The number of ether oxygens (including phenoxy) is 1. The fourth-order valence-electron chi connectivity index (χ4n) is 1.67. The van der Waals surface area contributed by atoms with Crippen molar-refractivity contribution in [3.8, 4) is 0 Å². The number of methoxy groups -OCH3 is 1. The Morgan fingerprint density at radius 3 is 2.74 bits per heavy atom. The summed E-state index contributed by atoms with van der Waals surface area (Å²) in [4.78, 5) is 1.95. The Hall–Kier alpha value is -0.730. The van der Waals surface area contributed by atoms with Gasteiger partial charge in [0.05, 0.1) is 11.5 Å². The smallest absolute Gasteiger partial charge is 0.244 e. The highest BCUT2D eigenvalue weighted by atomic mass is 32.2. The van der Waals surface area contributed by atoms with Crippen LogP contribution in [0.2, 0.25) is 0 Å². The molecule has 0 unspecified atom stereocenters. The molecule has 1 aromatic heterocycles. The maximum Gasteiger partial charge on any atom is 0.244 e. The van der Waals surface area contributed by atoms with E-state index < -0.39 is 10.0 Å². The summed E-state index contributed by atoms with van der Waals surface area (Å²) in [6.45, 7) is 6.65. The van der Waals surface area contributed by atoms with E-state index in [-0.39, 0.29) is 6.54 Å².